The minimum absolute atomic E-state index is 0. The number of carbonyl (C=O) groups is 1. The van der Waals surface area contributed by atoms with Crippen molar-refractivity contribution in [1.29, 1.82) is 0 Å². The zero-order chi connectivity index (χ0) is 20.3. The predicted molar refractivity (Wildman–Crippen MR) is 120 cm³/mol. The molecule has 0 aliphatic heterocycles. The molecule has 154 valence electrons. The summed E-state index contributed by atoms with van der Waals surface area (Å²) >= 11 is 7.61. The molecule has 1 aromatic heterocycles. The number of halogens is 2. The lowest BCUT2D eigenvalue weighted by Gasteiger charge is -2.21. The van der Waals surface area contributed by atoms with E-state index in [1.54, 1.807) is 17.0 Å². The summed E-state index contributed by atoms with van der Waals surface area (Å²) in [6.45, 7) is 1.24. The molecule has 0 aliphatic carbocycles. The van der Waals surface area contributed by atoms with Gasteiger partial charge in [-0.05, 0) is 45.3 Å². The van der Waals surface area contributed by atoms with Gasteiger partial charge in [-0.15, -0.1) is 12.4 Å². The number of para-hydroxylation sites is 1. The van der Waals surface area contributed by atoms with Crippen LogP contribution in [0.4, 0.5) is 10.8 Å². The molecule has 7 nitrogen and oxygen atoms in total. The summed E-state index contributed by atoms with van der Waals surface area (Å²) in [7, 11) is 3.92. The van der Waals surface area contributed by atoms with Gasteiger partial charge in [0, 0.05) is 24.2 Å². The van der Waals surface area contributed by atoms with Crippen molar-refractivity contribution in [1.82, 2.24) is 9.88 Å². The number of hydrogen-bond donors (Lipinski definition) is 0. The molecule has 3 rings (SSSR count). The van der Waals surface area contributed by atoms with E-state index >= 15 is 0 Å². The maximum Gasteiger partial charge on any atom is 0.270 e. The van der Waals surface area contributed by atoms with Gasteiger partial charge < -0.3 is 4.90 Å². The quantitative estimate of drug-likeness (QED) is 0.375. The summed E-state index contributed by atoms with van der Waals surface area (Å²) < 4.78 is 0.881. The smallest absolute Gasteiger partial charge is 0.270 e. The number of fused-ring (bicyclic) bond motifs is 1. The van der Waals surface area contributed by atoms with Crippen LogP contribution in [0.25, 0.3) is 10.2 Å². The Morgan fingerprint density at radius 2 is 1.93 bits per heavy atom. The van der Waals surface area contributed by atoms with Gasteiger partial charge in [0.25, 0.3) is 11.6 Å². The summed E-state index contributed by atoms with van der Waals surface area (Å²) in [5.41, 5.74) is 0.782. The fourth-order valence-corrected chi connectivity index (χ4v) is 4.05. The van der Waals surface area contributed by atoms with Crippen molar-refractivity contribution in [3.63, 3.8) is 0 Å². The van der Waals surface area contributed by atoms with Crippen LogP contribution >= 0.6 is 35.3 Å². The van der Waals surface area contributed by atoms with Crippen LogP contribution in [0.15, 0.2) is 42.5 Å². The van der Waals surface area contributed by atoms with Gasteiger partial charge in [0.2, 0.25) is 0 Å². The molecule has 3 aromatic rings. The Kier molecular flexibility index (Phi) is 7.92. The molecule has 29 heavy (non-hydrogen) atoms. The van der Waals surface area contributed by atoms with Gasteiger partial charge in [-0.1, -0.05) is 35.1 Å². The number of aromatic nitrogens is 1. The van der Waals surface area contributed by atoms with Crippen molar-refractivity contribution in [3.8, 4) is 0 Å². The molecule has 0 saturated heterocycles. The monoisotopic (exact) mass is 454 g/mol. The highest BCUT2D eigenvalue weighted by molar-refractivity contribution is 7.22. The van der Waals surface area contributed by atoms with Gasteiger partial charge in [0.1, 0.15) is 5.52 Å². The van der Waals surface area contributed by atoms with Gasteiger partial charge in [0.05, 0.1) is 14.6 Å². The maximum atomic E-state index is 13.2. The number of benzene rings is 2. The molecule has 0 saturated carbocycles. The lowest BCUT2D eigenvalue weighted by molar-refractivity contribution is -0.384. The first-order valence-corrected chi connectivity index (χ1v) is 9.82. The molecule has 0 atom stereocenters. The predicted octanol–water partition coefficient (Wildman–Crippen LogP) is 4.88. The number of anilines is 1. The number of nitro groups is 1. The van der Waals surface area contributed by atoms with Crippen molar-refractivity contribution in [2.75, 3.05) is 32.1 Å². The number of non-ortho nitro benzene ring substituents is 1. The number of hydrogen-bond acceptors (Lipinski definition) is 6. The Labute approximate surface area is 183 Å². The first kappa shape index (κ1) is 23.0. The summed E-state index contributed by atoms with van der Waals surface area (Å²) in [5.74, 6) is -0.322. The summed E-state index contributed by atoms with van der Waals surface area (Å²) in [4.78, 5) is 31.9. The van der Waals surface area contributed by atoms with Crippen LogP contribution < -0.4 is 4.90 Å². The van der Waals surface area contributed by atoms with Crippen molar-refractivity contribution in [3.05, 3.63) is 63.2 Å². The molecule has 1 amide bonds. The van der Waals surface area contributed by atoms with E-state index in [0.717, 1.165) is 17.7 Å². The van der Waals surface area contributed by atoms with E-state index in [9.17, 15) is 14.9 Å². The van der Waals surface area contributed by atoms with Crippen molar-refractivity contribution < 1.29 is 9.72 Å². The average Bonchev–Trinajstić information content (AvgIpc) is 3.10. The Hall–Kier alpha value is -2.26. The van der Waals surface area contributed by atoms with Gasteiger partial charge in [-0.2, -0.15) is 0 Å². The largest absolute Gasteiger partial charge is 0.309 e. The topological polar surface area (TPSA) is 79.6 Å². The molecule has 0 spiro atoms. The first-order chi connectivity index (χ1) is 13.4. The Bertz CT molecular complexity index is 1030. The van der Waals surface area contributed by atoms with Crippen LogP contribution in [0.3, 0.4) is 0 Å². The Balaban J connectivity index is 0.00000300. The molecule has 1 heterocycles. The fraction of sp³-hybridized carbons (Fsp3) is 0.263. The molecular formula is C19H20Cl2N4O3S. The number of rotatable bonds is 7. The van der Waals surface area contributed by atoms with Crippen molar-refractivity contribution in [2.45, 2.75) is 6.42 Å². The van der Waals surface area contributed by atoms with Crippen molar-refractivity contribution >= 4 is 62.3 Å². The van der Waals surface area contributed by atoms with E-state index in [1.807, 2.05) is 31.1 Å². The number of nitro benzene ring substituents is 1. The van der Waals surface area contributed by atoms with Crippen LogP contribution in [-0.2, 0) is 0 Å². The zero-order valence-electron chi connectivity index (χ0n) is 15.9. The van der Waals surface area contributed by atoms with Crippen LogP contribution in [0.1, 0.15) is 16.8 Å². The van der Waals surface area contributed by atoms with E-state index < -0.39 is 4.92 Å². The minimum atomic E-state index is -0.509. The molecule has 0 radical (unpaired) electrons. The Morgan fingerprint density at radius 1 is 1.21 bits per heavy atom. The van der Waals surface area contributed by atoms with Crippen LogP contribution in [0.5, 0.6) is 0 Å². The molecule has 0 aliphatic rings. The number of carbonyl (C=O) groups excluding carboxylic acids is 1. The van der Waals surface area contributed by atoms with Gasteiger partial charge >= 0.3 is 0 Å². The van der Waals surface area contributed by atoms with Crippen LogP contribution in [0.2, 0.25) is 5.02 Å². The van der Waals surface area contributed by atoms with Crippen LogP contribution in [-0.4, -0.2) is 47.9 Å². The van der Waals surface area contributed by atoms with Gasteiger partial charge in [-0.25, -0.2) is 4.98 Å². The van der Waals surface area contributed by atoms with E-state index in [4.69, 9.17) is 11.6 Å². The second kappa shape index (κ2) is 9.98. The third-order valence-electron chi connectivity index (χ3n) is 4.13. The summed E-state index contributed by atoms with van der Waals surface area (Å²) in [6.07, 6.45) is 0.733. The van der Waals surface area contributed by atoms with Crippen molar-refractivity contribution in [2.24, 2.45) is 0 Å². The summed E-state index contributed by atoms with van der Waals surface area (Å²) in [6, 6.07) is 11.2. The molecular weight excluding hydrogens is 435 g/mol. The molecule has 0 fully saturated rings. The highest BCUT2D eigenvalue weighted by Crippen LogP contribution is 2.33. The van der Waals surface area contributed by atoms with Gasteiger partial charge in [0.15, 0.2) is 5.13 Å². The lowest BCUT2D eigenvalue weighted by atomic mass is 10.1. The van der Waals surface area contributed by atoms with E-state index in [-0.39, 0.29) is 29.6 Å². The third kappa shape index (κ3) is 5.42. The summed E-state index contributed by atoms with van der Waals surface area (Å²) in [5, 5.41) is 12.1. The zero-order valence-corrected chi connectivity index (χ0v) is 18.3. The number of thiazole rings is 1. The molecule has 10 heteroatoms. The highest BCUT2D eigenvalue weighted by atomic mass is 35.5. The lowest BCUT2D eigenvalue weighted by Crippen LogP contribution is -2.33. The molecule has 0 N–H and O–H groups in total. The minimum Gasteiger partial charge on any atom is -0.309 e. The maximum absolute atomic E-state index is 13.2. The normalized spacial score (nSPS) is 10.8. The first-order valence-electron chi connectivity index (χ1n) is 8.63. The Morgan fingerprint density at radius 3 is 2.59 bits per heavy atom. The molecule has 2 aromatic carbocycles. The number of nitrogens with zero attached hydrogens (tertiary/aromatic N) is 4. The van der Waals surface area contributed by atoms with Gasteiger partial charge in [-0.3, -0.25) is 19.8 Å². The highest BCUT2D eigenvalue weighted by Gasteiger charge is 2.23. The van der Waals surface area contributed by atoms with E-state index in [0.29, 0.717) is 22.2 Å². The second-order valence-electron chi connectivity index (χ2n) is 6.50. The standard InChI is InChI=1S/C19H19ClN4O3S.ClH/c1-22(2)10-5-11-23(18(25)13-6-3-7-14(12-13)24(26)27)19-21-17-15(20)8-4-9-16(17)28-19;/h3-4,6-9,12H,5,10-11H2,1-2H3;1H. The molecule has 0 unspecified atom stereocenters. The number of amides is 1. The second-order valence-corrected chi connectivity index (χ2v) is 7.92. The van der Waals surface area contributed by atoms with Crippen LogP contribution in [0, 0.1) is 10.1 Å². The SMILES string of the molecule is CN(C)CCCN(C(=O)c1cccc([N+](=O)[O-])c1)c1nc2c(Cl)cccc2s1.Cl. The fourth-order valence-electron chi connectivity index (χ4n) is 2.76. The van der Waals surface area contributed by atoms with E-state index in [2.05, 4.69) is 4.98 Å². The average molecular weight is 455 g/mol. The van der Waals surface area contributed by atoms with E-state index in [1.165, 1.54) is 29.5 Å². The molecule has 0 bridgehead atoms. The third-order valence-corrected chi connectivity index (χ3v) is 5.47.